The van der Waals surface area contributed by atoms with Gasteiger partial charge in [-0.05, 0) is 43.3 Å². The first-order valence-electron chi connectivity index (χ1n) is 12.1. The molecule has 2 fully saturated rings. The Morgan fingerprint density at radius 1 is 0.944 bits per heavy atom. The molecule has 3 amide bonds. The first-order chi connectivity index (χ1) is 17.3. The Morgan fingerprint density at radius 2 is 1.67 bits per heavy atom. The summed E-state index contributed by atoms with van der Waals surface area (Å²) in [5.74, 6) is -1.45. The van der Waals surface area contributed by atoms with Crippen molar-refractivity contribution in [3.63, 3.8) is 0 Å². The highest BCUT2D eigenvalue weighted by atomic mass is 16.5. The number of ketones is 2. The van der Waals surface area contributed by atoms with Crippen LogP contribution in [0.1, 0.15) is 55.9 Å². The number of fused-ring (bicyclic) bond motifs is 1. The van der Waals surface area contributed by atoms with E-state index in [2.05, 4.69) is 4.90 Å². The number of benzene rings is 2. The van der Waals surface area contributed by atoms with Crippen LogP contribution in [0, 0.1) is 0 Å². The molecule has 0 aromatic heterocycles. The van der Waals surface area contributed by atoms with Crippen molar-refractivity contribution in [1.29, 1.82) is 0 Å². The summed E-state index contributed by atoms with van der Waals surface area (Å²) in [7, 11) is 2.04. The van der Waals surface area contributed by atoms with Gasteiger partial charge < -0.3 is 14.5 Å². The Balaban J connectivity index is 1.27. The molecule has 2 aliphatic heterocycles. The number of carbonyl (C=O) groups excluding carboxylic acids is 5. The van der Waals surface area contributed by atoms with Gasteiger partial charge in [0.25, 0.3) is 17.7 Å². The van der Waals surface area contributed by atoms with E-state index >= 15 is 0 Å². The standard InChI is InChI=1S/C27H27N3O6/c1-28-11-13-29(14-12-28)25(33)18-7-5-17(6-8-18)16-36-23-4-2-3-20-24(23)27(35)30(26(20)34)21-10-9-19(31)15-22(21)32/h2-8,21H,9-16H2,1H3. The van der Waals surface area contributed by atoms with E-state index in [-0.39, 0.29) is 54.4 Å². The Bertz CT molecular complexity index is 1250. The van der Waals surface area contributed by atoms with Crippen molar-refractivity contribution in [2.75, 3.05) is 33.2 Å². The molecule has 1 aliphatic carbocycles. The van der Waals surface area contributed by atoms with Crippen molar-refractivity contribution in [2.45, 2.75) is 31.9 Å². The number of hydrogen-bond donors (Lipinski definition) is 0. The van der Waals surface area contributed by atoms with Crippen LogP contribution in [-0.2, 0) is 16.2 Å². The van der Waals surface area contributed by atoms with Crippen LogP contribution in [0.2, 0.25) is 0 Å². The molecule has 2 heterocycles. The van der Waals surface area contributed by atoms with Crippen LogP contribution in [-0.4, -0.2) is 83.3 Å². The molecule has 36 heavy (non-hydrogen) atoms. The van der Waals surface area contributed by atoms with Crippen molar-refractivity contribution in [1.82, 2.24) is 14.7 Å². The minimum Gasteiger partial charge on any atom is -0.488 e. The minimum atomic E-state index is -0.923. The Hall–Kier alpha value is -3.85. The number of rotatable bonds is 5. The molecule has 1 saturated heterocycles. The van der Waals surface area contributed by atoms with Gasteiger partial charge in [-0.2, -0.15) is 0 Å². The lowest BCUT2D eigenvalue weighted by molar-refractivity contribution is -0.132. The van der Waals surface area contributed by atoms with Gasteiger partial charge in [0.1, 0.15) is 18.1 Å². The molecule has 0 bridgehead atoms. The number of ether oxygens (including phenoxy) is 1. The molecule has 1 unspecified atom stereocenters. The van der Waals surface area contributed by atoms with Crippen LogP contribution in [0.25, 0.3) is 0 Å². The molecule has 1 saturated carbocycles. The first-order valence-corrected chi connectivity index (χ1v) is 12.1. The maximum atomic E-state index is 13.2. The fraction of sp³-hybridized carbons (Fsp3) is 0.370. The predicted molar refractivity (Wildman–Crippen MR) is 129 cm³/mol. The van der Waals surface area contributed by atoms with Gasteiger partial charge in [-0.1, -0.05) is 18.2 Å². The van der Waals surface area contributed by atoms with E-state index in [9.17, 15) is 24.0 Å². The van der Waals surface area contributed by atoms with Gasteiger partial charge >= 0.3 is 0 Å². The quantitative estimate of drug-likeness (QED) is 0.467. The lowest BCUT2D eigenvalue weighted by atomic mass is 9.92. The Morgan fingerprint density at radius 3 is 2.36 bits per heavy atom. The molecule has 0 N–H and O–H groups in total. The largest absolute Gasteiger partial charge is 0.488 e. The summed E-state index contributed by atoms with van der Waals surface area (Å²) < 4.78 is 5.92. The number of hydrogen-bond acceptors (Lipinski definition) is 7. The summed E-state index contributed by atoms with van der Waals surface area (Å²) in [6, 6.07) is 11.0. The number of carbonyl (C=O) groups is 5. The third-order valence-corrected chi connectivity index (χ3v) is 7.05. The molecule has 3 aliphatic rings. The molecule has 0 spiro atoms. The number of imide groups is 1. The maximum Gasteiger partial charge on any atom is 0.266 e. The summed E-state index contributed by atoms with van der Waals surface area (Å²) in [6.07, 6.45) is 0.0632. The number of nitrogens with zero attached hydrogens (tertiary/aromatic N) is 3. The molecule has 9 heteroatoms. The van der Waals surface area contributed by atoms with Crippen molar-refractivity contribution in [2.24, 2.45) is 0 Å². The van der Waals surface area contributed by atoms with E-state index in [1.807, 2.05) is 24.1 Å². The second kappa shape index (κ2) is 9.66. The van der Waals surface area contributed by atoms with Crippen molar-refractivity contribution >= 4 is 29.3 Å². The average molecular weight is 490 g/mol. The second-order valence-electron chi connectivity index (χ2n) is 9.48. The molecular formula is C27H27N3O6. The molecule has 186 valence electrons. The van der Waals surface area contributed by atoms with Gasteiger partial charge in [-0.15, -0.1) is 0 Å². The zero-order chi connectivity index (χ0) is 25.4. The summed E-state index contributed by atoms with van der Waals surface area (Å²) >= 11 is 0. The number of piperazine rings is 1. The Labute approximate surface area is 208 Å². The lowest BCUT2D eigenvalue weighted by Gasteiger charge is -2.32. The normalized spacial score (nSPS) is 20.6. The highest BCUT2D eigenvalue weighted by Gasteiger charge is 2.45. The zero-order valence-corrected chi connectivity index (χ0v) is 20.1. The molecule has 1 atom stereocenters. The SMILES string of the molecule is CN1CCN(C(=O)c2ccc(COc3cccc4c3C(=O)N(C3CCC(=O)CC3=O)C4=O)cc2)CC1. The molecule has 0 radical (unpaired) electrons. The van der Waals surface area contributed by atoms with E-state index < -0.39 is 23.6 Å². The van der Waals surface area contributed by atoms with E-state index in [0.717, 1.165) is 23.6 Å². The van der Waals surface area contributed by atoms with Crippen LogP contribution in [0.5, 0.6) is 5.75 Å². The molecule has 2 aromatic carbocycles. The van der Waals surface area contributed by atoms with Crippen molar-refractivity contribution < 1.29 is 28.7 Å². The van der Waals surface area contributed by atoms with Crippen molar-refractivity contribution in [3.05, 3.63) is 64.7 Å². The Kier molecular flexibility index (Phi) is 6.40. The highest BCUT2D eigenvalue weighted by Crippen LogP contribution is 2.34. The van der Waals surface area contributed by atoms with E-state index in [4.69, 9.17) is 4.74 Å². The predicted octanol–water partition coefficient (Wildman–Crippen LogP) is 1.94. The zero-order valence-electron chi connectivity index (χ0n) is 20.1. The van der Waals surface area contributed by atoms with Gasteiger partial charge in [0.15, 0.2) is 5.78 Å². The van der Waals surface area contributed by atoms with Crippen molar-refractivity contribution in [3.8, 4) is 5.75 Å². The maximum absolute atomic E-state index is 13.2. The van der Waals surface area contributed by atoms with E-state index in [1.165, 1.54) is 0 Å². The van der Waals surface area contributed by atoms with Crippen LogP contribution < -0.4 is 4.74 Å². The third-order valence-electron chi connectivity index (χ3n) is 7.05. The van der Waals surface area contributed by atoms with Crippen LogP contribution in [0.15, 0.2) is 42.5 Å². The van der Waals surface area contributed by atoms with Gasteiger partial charge in [-0.25, -0.2) is 0 Å². The lowest BCUT2D eigenvalue weighted by Crippen LogP contribution is -2.47. The third kappa shape index (κ3) is 4.42. The highest BCUT2D eigenvalue weighted by molar-refractivity contribution is 6.24. The summed E-state index contributed by atoms with van der Waals surface area (Å²) in [4.78, 5) is 67.9. The smallest absolute Gasteiger partial charge is 0.266 e. The van der Waals surface area contributed by atoms with Gasteiger partial charge in [-0.3, -0.25) is 28.9 Å². The van der Waals surface area contributed by atoms with Crippen LogP contribution in [0.4, 0.5) is 0 Å². The summed E-state index contributed by atoms with van der Waals surface area (Å²) in [5, 5.41) is 0. The fourth-order valence-electron chi connectivity index (χ4n) is 4.90. The first kappa shape index (κ1) is 23.9. The summed E-state index contributed by atoms with van der Waals surface area (Å²) in [6.45, 7) is 3.24. The summed E-state index contributed by atoms with van der Waals surface area (Å²) in [5.41, 5.74) is 1.73. The second-order valence-corrected chi connectivity index (χ2v) is 9.48. The minimum absolute atomic E-state index is 0.000363. The molecule has 5 rings (SSSR count). The number of likely N-dealkylation sites (N-methyl/N-ethyl adjacent to an activating group) is 1. The van der Waals surface area contributed by atoms with Gasteiger partial charge in [0.05, 0.1) is 23.6 Å². The molecule has 9 nitrogen and oxygen atoms in total. The van der Waals surface area contributed by atoms with Gasteiger partial charge in [0, 0.05) is 38.2 Å². The molecule has 2 aromatic rings. The molecular weight excluding hydrogens is 462 g/mol. The monoisotopic (exact) mass is 489 g/mol. The number of Topliss-reactive ketones (excluding diaryl/α,β-unsaturated/α-hetero) is 2. The number of amides is 3. The van der Waals surface area contributed by atoms with E-state index in [1.54, 1.807) is 30.3 Å². The topological polar surface area (TPSA) is 104 Å². The van der Waals surface area contributed by atoms with E-state index in [0.29, 0.717) is 18.7 Å². The average Bonchev–Trinajstić information content (AvgIpc) is 3.13. The fourth-order valence-corrected chi connectivity index (χ4v) is 4.90. The van der Waals surface area contributed by atoms with Gasteiger partial charge in [0.2, 0.25) is 0 Å². The van der Waals surface area contributed by atoms with Crippen LogP contribution >= 0.6 is 0 Å². The van der Waals surface area contributed by atoms with Crippen LogP contribution in [0.3, 0.4) is 0 Å².